The minimum absolute atomic E-state index is 0.0548. The molecule has 0 spiro atoms. The zero-order chi connectivity index (χ0) is 13.0. The highest BCUT2D eigenvalue weighted by atomic mass is 19.3. The lowest BCUT2D eigenvalue weighted by atomic mass is 10.2. The summed E-state index contributed by atoms with van der Waals surface area (Å²) in [6, 6.07) is 1.97. The fraction of sp³-hybridized carbons (Fsp3) is 0.300. The standard InChI is InChI=1S/C10H7F3N2O2/c1-2-17-10(16)8-7(11)5(4-14)3-6(15-8)9(12)13/h3,9H,2H2,1H3. The molecular formula is C10H7F3N2O2. The summed E-state index contributed by atoms with van der Waals surface area (Å²) in [7, 11) is 0. The van der Waals surface area contributed by atoms with Crippen LogP contribution in [0.2, 0.25) is 0 Å². The molecule has 1 heterocycles. The lowest BCUT2D eigenvalue weighted by Gasteiger charge is -2.06. The van der Waals surface area contributed by atoms with Crippen molar-refractivity contribution in [2.75, 3.05) is 6.61 Å². The number of aromatic nitrogens is 1. The van der Waals surface area contributed by atoms with E-state index in [0.717, 1.165) is 0 Å². The Bertz CT molecular complexity index is 483. The van der Waals surface area contributed by atoms with Crippen LogP contribution in [0.5, 0.6) is 0 Å². The molecule has 0 N–H and O–H groups in total. The molecule has 1 rings (SSSR count). The summed E-state index contributed by atoms with van der Waals surface area (Å²) in [5.41, 5.74) is -2.41. The van der Waals surface area contributed by atoms with Crippen LogP contribution in [0.4, 0.5) is 13.2 Å². The van der Waals surface area contributed by atoms with Crippen molar-refractivity contribution in [3.63, 3.8) is 0 Å². The maximum Gasteiger partial charge on any atom is 0.360 e. The van der Waals surface area contributed by atoms with E-state index in [9.17, 15) is 18.0 Å². The van der Waals surface area contributed by atoms with Crippen molar-refractivity contribution in [2.45, 2.75) is 13.3 Å². The zero-order valence-electron chi connectivity index (χ0n) is 8.71. The van der Waals surface area contributed by atoms with Crippen molar-refractivity contribution < 1.29 is 22.7 Å². The van der Waals surface area contributed by atoms with Crippen LogP contribution in [0.1, 0.15) is 35.1 Å². The molecule has 0 aliphatic carbocycles. The van der Waals surface area contributed by atoms with Crippen molar-refractivity contribution in [2.24, 2.45) is 0 Å². The van der Waals surface area contributed by atoms with Crippen molar-refractivity contribution in [3.8, 4) is 6.07 Å². The number of hydrogen-bond donors (Lipinski definition) is 0. The number of carbonyl (C=O) groups is 1. The van der Waals surface area contributed by atoms with Gasteiger partial charge in [0, 0.05) is 0 Å². The minimum atomic E-state index is -3.00. The first-order valence-corrected chi connectivity index (χ1v) is 4.57. The fourth-order valence-corrected chi connectivity index (χ4v) is 1.08. The maximum atomic E-state index is 13.5. The van der Waals surface area contributed by atoms with Crippen LogP contribution in [0.3, 0.4) is 0 Å². The molecule has 0 aliphatic heterocycles. The zero-order valence-corrected chi connectivity index (χ0v) is 8.71. The molecule has 1 aromatic heterocycles. The molecule has 0 saturated carbocycles. The molecule has 7 heteroatoms. The van der Waals surface area contributed by atoms with E-state index in [4.69, 9.17) is 5.26 Å². The minimum Gasteiger partial charge on any atom is -0.461 e. The molecule has 4 nitrogen and oxygen atoms in total. The SMILES string of the molecule is CCOC(=O)c1nc(C(F)F)cc(C#N)c1F. The molecule has 0 radical (unpaired) electrons. The van der Waals surface area contributed by atoms with Gasteiger partial charge in [-0.05, 0) is 13.0 Å². The van der Waals surface area contributed by atoms with E-state index in [1.54, 1.807) is 0 Å². The Balaban J connectivity index is 3.33. The van der Waals surface area contributed by atoms with Gasteiger partial charge in [-0.1, -0.05) is 0 Å². The third kappa shape index (κ3) is 2.72. The number of alkyl halides is 2. The predicted octanol–water partition coefficient (Wildman–Crippen LogP) is 2.21. The third-order valence-electron chi connectivity index (χ3n) is 1.79. The van der Waals surface area contributed by atoms with Crippen LogP contribution in [-0.4, -0.2) is 17.6 Å². The van der Waals surface area contributed by atoms with Gasteiger partial charge in [0.1, 0.15) is 11.8 Å². The van der Waals surface area contributed by atoms with Crippen molar-refractivity contribution in [1.29, 1.82) is 5.26 Å². The van der Waals surface area contributed by atoms with Crippen LogP contribution in [0.25, 0.3) is 0 Å². The van der Waals surface area contributed by atoms with Crippen molar-refractivity contribution >= 4 is 5.97 Å². The molecule has 17 heavy (non-hydrogen) atoms. The Morgan fingerprint density at radius 3 is 2.76 bits per heavy atom. The second kappa shape index (κ2) is 5.30. The highest BCUT2D eigenvalue weighted by Crippen LogP contribution is 2.21. The Morgan fingerprint density at radius 2 is 2.29 bits per heavy atom. The van der Waals surface area contributed by atoms with Crippen LogP contribution in [-0.2, 0) is 4.74 Å². The largest absolute Gasteiger partial charge is 0.461 e. The average Bonchev–Trinajstić information content (AvgIpc) is 2.29. The molecule has 0 unspecified atom stereocenters. The Kier molecular flexibility index (Phi) is 4.04. The van der Waals surface area contributed by atoms with Crippen molar-refractivity contribution in [1.82, 2.24) is 4.98 Å². The number of rotatable bonds is 3. The van der Waals surface area contributed by atoms with Crippen LogP contribution in [0.15, 0.2) is 6.07 Å². The molecule has 0 amide bonds. The summed E-state index contributed by atoms with van der Waals surface area (Å²) in [5, 5.41) is 8.55. The number of nitrogens with zero attached hydrogens (tertiary/aromatic N) is 2. The number of halogens is 3. The summed E-state index contributed by atoms with van der Waals surface area (Å²) in [6.45, 7) is 1.42. The quantitative estimate of drug-likeness (QED) is 0.764. The number of carbonyl (C=O) groups excluding carboxylic acids is 1. The molecule has 0 bridgehead atoms. The number of esters is 1. The van der Waals surface area contributed by atoms with Crippen LogP contribution < -0.4 is 0 Å². The van der Waals surface area contributed by atoms with Gasteiger partial charge in [0.2, 0.25) is 0 Å². The maximum absolute atomic E-state index is 13.5. The van der Waals surface area contributed by atoms with Gasteiger partial charge in [-0.3, -0.25) is 0 Å². The van der Waals surface area contributed by atoms with Crippen LogP contribution >= 0.6 is 0 Å². The van der Waals surface area contributed by atoms with Gasteiger partial charge in [-0.25, -0.2) is 22.9 Å². The molecule has 0 fully saturated rings. The molecular weight excluding hydrogens is 237 g/mol. The van der Waals surface area contributed by atoms with Gasteiger partial charge in [-0.15, -0.1) is 0 Å². The van der Waals surface area contributed by atoms with Crippen LogP contribution in [0, 0.1) is 17.1 Å². The van der Waals surface area contributed by atoms with E-state index in [1.807, 2.05) is 0 Å². The Morgan fingerprint density at radius 1 is 1.65 bits per heavy atom. The number of hydrogen-bond acceptors (Lipinski definition) is 4. The fourth-order valence-electron chi connectivity index (χ4n) is 1.08. The second-order valence-electron chi connectivity index (χ2n) is 2.89. The average molecular weight is 244 g/mol. The Hall–Kier alpha value is -2.10. The highest BCUT2D eigenvalue weighted by molar-refractivity contribution is 5.88. The number of nitriles is 1. The van der Waals surface area contributed by atoms with Gasteiger partial charge >= 0.3 is 5.97 Å². The first-order valence-electron chi connectivity index (χ1n) is 4.57. The summed E-state index contributed by atoms with van der Waals surface area (Å²) < 4.78 is 42.7. The van der Waals surface area contributed by atoms with E-state index >= 15 is 0 Å². The van der Waals surface area contributed by atoms with E-state index < -0.39 is 35.2 Å². The molecule has 0 aliphatic rings. The van der Waals surface area contributed by atoms with Gasteiger partial charge < -0.3 is 4.74 Å². The molecule has 1 aromatic rings. The first-order chi connectivity index (χ1) is 8.01. The summed E-state index contributed by atoms with van der Waals surface area (Å²) >= 11 is 0. The lowest BCUT2D eigenvalue weighted by molar-refractivity contribution is 0.0511. The van der Waals surface area contributed by atoms with Crippen molar-refractivity contribution in [3.05, 3.63) is 28.8 Å². The third-order valence-corrected chi connectivity index (χ3v) is 1.79. The predicted molar refractivity (Wildman–Crippen MR) is 49.8 cm³/mol. The normalized spacial score (nSPS) is 10.1. The smallest absolute Gasteiger partial charge is 0.360 e. The van der Waals surface area contributed by atoms with Gasteiger partial charge in [-0.2, -0.15) is 5.26 Å². The van der Waals surface area contributed by atoms with E-state index in [1.165, 1.54) is 13.0 Å². The van der Waals surface area contributed by atoms with E-state index in [2.05, 4.69) is 9.72 Å². The summed E-state index contributed by atoms with van der Waals surface area (Å²) in [4.78, 5) is 14.4. The van der Waals surface area contributed by atoms with E-state index in [0.29, 0.717) is 6.07 Å². The topological polar surface area (TPSA) is 63.0 Å². The lowest BCUT2D eigenvalue weighted by Crippen LogP contribution is -2.13. The van der Waals surface area contributed by atoms with Gasteiger partial charge in [0.15, 0.2) is 11.5 Å². The van der Waals surface area contributed by atoms with Gasteiger partial charge in [0.25, 0.3) is 6.43 Å². The van der Waals surface area contributed by atoms with Gasteiger partial charge in [0.05, 0.1) is 12.2 Å². The molecule has 90 valence electrons. The molecule has 0 saturated heterocycles. The number of pyridine rings is 1. The number of ether oxygens (including phenoxy) is 1. The molecule has 0 atom stereocenters. The molecule has 0 aromatic carbocycles. The monoisotopic (exact) mass is 244 g/mol. The second-order valence-corrected chi connectivity index (χ2v) is 2.89. The first kappa shape index (κ1) is 13.0. The summed E-state index contributed by atoms with van der Waals surface area (Å²) in [6.07, 6.45) is -3.00. The summed E-state index contributed by atoms with van der Waals surface area (Å²) in [5.74, 6) is -2.43. The Labute approximate surface area is 94.6 Å². The van der Waals surface area contributed by atoms with E-state index in [-0.39, 0.29) is 6.61 Å². The highest BCUT2D eigenvalue weighted by Gasteiger charge is 2.22.